The lowest BCUT2D eigenvalue weighted by Crippen LogP contribution is -2.55. The number of piperidine rings is 3. The Kier molecular flexibility index (Phi) is 5.28. The largest absolute Gasteiger partial charge is 0.508 e. The number of rotatable bonds is 6. The Morgan fingerprint density at radius 3 is 2.83 bits per heavy atom. The van der Waals surface area contributed by atoms with Gasteiger partial charge in [0.25, 0.3) is 0 Å². The van der Waals surface area contributed by atoms with Crippen LogP contribution in [-0.2, 0) is 11.3 Å². The molecule has 30 heavy (non-hydrogen) atoms. The first-order valence-electron chi connectivity index (χ1n) is 10.8. The van der Waals surface area contributed by atoms with E-state index in [4.69, 9.17) is 4.74 Å². The van der Waals surface area contributed by atoms with E-state index in [1.807, 2.05) is 36.5 Å². The summed E-state index contributed by atoms with van der Waals surface area (Å²) >= 11 is 0. The molecule has 1 N–H and O–H groups in total. The molecule has 0 spiro atoms. The molecule has 0 aliphatic carbocycles. The van der Waals surface area contributed by atoms with E-state index in [-0.39, 0.29) is 11.9 Å². The van der Waals surface area contributed by atoms with E-state index in [1.54, 1.807) is 6.07 Å². The Bertz CT molecular complexity index is 1040. The number of fused-ring (bicyclic) bond motifs is 4. The number of hydrogen-bond donors (Lipinski definition) is 1. The van der Waals surface area contributed by atoms with E-state index in [2.05, 4.69) is 40.7 Å². The van der Waals surface area contributed by atoms with Crippen LogP contribution >= 0.6 is 0 Å². The van der Waals surface area contributed by atoms with Gasteiger partial charge in [-0.05, 0) is 66.6 Å². The van der Waals surface area contributed by atoms with E-state index >= 15 is 0 Å². The zero-order valence-electron chi connectivity index (χ0n) is 17.2. The molecule has 3 fully saturated rings. The summed E-state index contributed by atoms with van der Waals surface area (Å²) in [5.41, 5.74) is 3.17. The van der Waals surface area contributed by atoms with Crippen molar-refractivity contribution in [1.82, 2.24) is 9.88 Å². The summed E-state index contributed by atoms with van der Waals surface area (Å²) in [5.74, 6) is 1.50. The molecule has 4 heteroatoms. The van der Waals surface area contributed by atoms with E-state index in [1.165, 1.54) is 12.0 Å². The molecule has 4 nitrogen and oxygen atoms in total. The summed E-state index contributed by atoms with van der Waals surface area (Å²) in [4.78, 5) is 7.09. The van der Waals surface area contributed by atoms with E-state index in [0.717, 1.165) is 36.0 Å². The lowest BCUT2D eigenvalue weighted by Gasteiger charge is -2.51. The molecule has 3 aliphatic heterocycles. The van der Waals surface area contributed by atoms with E-state index in [0.29, 0.717) is 24.5 Å². The SMILES string of the molecule is C=CC1CN2CC[C@@H]1C[C@@H]2[C@H](OCc1ccccc1)c1ccnc2ccc(O)cc12. The second-order valence-corrected chi connectivity index (χ2v) is 8.57. The Balaban J connectivity index is 1.52. The maximum absolute atomic E-state index is 10.1. The molecule has 2 aromatic carbocycles. The van der Waals surface area contributed by atoms with E-state index < -0.39 is 0 Å². The van der Waals surface area contributed by atoms with Gasteiger partial charge >= 0.3 is 0 Å². The van der Waals surface area contributed by atoms with Gasteiger partial charge in [-0.1, -0.05) is 36.4 Å². The number of phenols is 1. The molecule has 0 radical (unpaired) electrons. The van der Waals surface area contributed by atoms with Gasteiger partial charge < -0.3 is 9.84 Å². The van der Waals surface area contributed by atoms with Crippen LogP contribution in [0.2, 0.25) is 0 Å². The van der Waals surface area contributed by atoms with Crippen molar-refractivity contribution in [2.24, 2.45) is 11.8 Å². The van der Waals surface area contributed by atoms with Crippen molar-refractivity contribution in [1.29, 1.82) is 0 Å². The Morgan fingerprint density at radius 1 is 1.20 bits per heavy atom. The van der Waals surface area contributed by atoms with Gasteiger partial charge in [-0.2, -0.15) is 0 Å². The summed E-state index contributed by atoms with van der Waals surface area (Å²) in [6.45, 7) is 6.79. The highest BCUT2D eigenvalue weighted by Crippen LogP contribution is 2.43. The number of benzene rings is 2. The lowest BCUT2D eigenvalue weighted by molar-refractivity contribution is -0.0803. The van der Waals surface area contributed by atoms with Crippen molar-refractivity contribution >= 4 is 10.9 Å². The van der Waals surface area contributed by atoms with Gasteiger partial charge in [-0.25, -0.2) is 0 Å². The summed E-state index contributed by atoms with van der Waals surface area (Å²) in [6, 6.07) is 18.1. The normalized spacial score (nSPS) is 26.5. The van der Waals surface area contributed by atoms with Crippen molar-refractivity contribution in [2.75, 3.05) is 13.1 Å². The fourth-order valence-electron chi connectivity index (χ4n) is 5.26. The van der Waals surface area contributed by atoms with Crippen LogP contribution in [0.25, 0.3) is 10.9 Å². The van der Waals surface area contributed by atoms with Gasteiger partial charge in [-0.3, -0.25) is 9.88 Å². The summed E-state index contributed by atoms with van der Waals surface area (Å²) < 4.78 is 6.65. The molecule has 1 aromatic heterocycles. The molecular weight excluding hydrogens is 372 g/mol. The molecule has 154 valence electrons. The quantitative estimate of drug-likeness (QED) is 0.585. The molecule has 3 aromatic rings. The van der Waals surface area contributed by atoms with Crippen molar-refractivity contribution in [3.63, 3.8) is 0 Å². The maximum Gasteiger partial charge on any atom is 0.116 e. The van der Waals surface area contributed by atoms with Crippen molar-refractivity contribution in [2.45, 2.75) is 31.6 Å². The lowest BCUT2D eigenvalue weighted by atomic mass is 9.73. The third-order valence-electron chi connectivity index (χ3n) is 6.84. The molecule has 3 aliphatic rings. The molecule has 5 atom stereocenters. The Labute approximate surface area is 177 Å². The second-order valence-electron chi connectivity index (χ2n) is 8.57. The zero-order valence-corrected chi connectivity index (χ0v) is 17.2. The van der Waals surface area contributed by atoms with Gasteiger partial charge in [0.15, 0.2) is 0 Å². The first-order chi connectivity index (χ1) is 14.7. The third-order valence-corrected chi connectivity index (χ3v) is 6.84. The summed E-state index contributed by atoms with van der Waals surface area (Å²) in [6.07, 6.45) is 6.25. The number of pyridine rings is 1. The minimum Gasteiger partial charge on any atom is -0.508 e. The standard InChI is InChI=1S/C26H28N2O2/c1-2-19-16-28-13-11-20(19)14-25(28)26(30-17-18-6-4-3-5-7-18)22-10-12-27-24-9-8-21(29)15-23(22)24/h2-10,12,15,19-20,25-26,29H,1,11,13-14,16-17H2/t19?,20-,25-,26-/m1/s1. The fourth-order valence-corrected chi connectivity index (χ4v) is 5.26. The van der Waals surface area contributed by atoms with Gasteiger partial charge in [0.2, 0.25) is 0 Å². The minimum atomic E-state index is -0.0777. The Morgan fingerprint density at radius 2 is 2.07 bits per heavy atom. The minimum absolute atomic E-state index is 0.0777. The molecule has 4 heterocycles. The van der Waals surface area contributed by atoms with Gasteiger partial charge in [0, 0.05) is 24.2 Å². The zero-order chi connectivity index (χ0) is 20.5. The fraction of sp³-hybridized carbons (Fsp3) is 0.346. The van der Waals surface area contributed by atoms with Gasteiger partial charge in [0.05, 0.1) is 18.2 Å². The number of aromatic hydroxyl groups is 1. The van der Waals surface area contributed by atoms with Crippen molar-refractivity contribution < 1.29 is 9.84 Å². The highest BCUT2D eigenvalue weighted by atomic mass is 16.5. The van der Waals surface area contributed by atoms with Crippen LogP contribution in [0.1, 0.15) is 30.1 Å². The van der Waals surface area contributed by atoms with E-state index in [9.17, 15) is 5.11 Å². The first-order valence-corrected chi connectivity index (χ1v) is 10.8. The first kappa shape index (κ1) is 19.3. The average molecular weight is 401 g/mol. The van der Waals surface area contributed by atoms with Crippen LogP contribution in [0.5, 0.6) is 5.75 Å². The highest BCUT2D eigenvalue weighted by molar-refractivity contribution is 5.83. The van der Waals surface area contributed by atoms with Crippen LogP contribution in [-0.4, -0.2) is 34.1 Å². The van der Waals surface area contributed by atoms with Crippen molar-refractivity contribution in [3.05, 3.63) is 84.6 Å². The second kappa shape index (κ2) is 8.21. The molecular formula is C26H28N2O2. The molecule has 0 amide bonds. The number of hydrogen-bond acceptors (Lipinski definition) is 4. The molecule has 2 unspecified atom stereocenters. The molecule has 3 saturated heterocycles. The van der Waals surface area contributed by atoms with Gasteiger partial charge in [-0.15, -0.1) is 6.58 Å². The number of ether oxygens (including phenoxy) is 1. The van der Waals surface area contributed by atoms with Gasteiger partial charge in [0.1, 0.15) is 5.75 Å². The smallest absolute Gasteiger partial charge is 0.116 e. The number of phenolic OH excluding ortho intramolecular Hbond substituents is 1. The van der Waals surface area contributed by atoms with Crippen LogP contribution in [0.15, 0.2) is 73.4 Å². The summed E-state index contributed by atoms with van der Waals surface area (Å²) in [5, 5.41) is 11.1. The molecule has 6 rings (SSSR count). The number of aromatic nitrogens is 1. The average Bonchev–Trinajstić information content (AvgIpc) is 2.80. The molecule has 0 saturated carbocycles. The predicted molar refractivity (Wildman–Crippen MR) is 119 cm³/mol. The third kappa shape index (κ3) is 3.62. The topological polar surface area (TPSA) is 45.6 Å². The van der Waals surface area contributed by atoms with Crippen LogP contribution in [0, 0.1) is 11.8 Å². The van der Waals surface area contributed by atoms with Crippen LogP contribution in [0.3, 0.4) is 0 Å². The van der Waals surface area contributed by atoms with Crippen LogP contribution in [0.4, 0.5) is 0 Å². The monoisotopic (exact) mass is 400 g/mol. The van der Waals surface area contributed by atoms with Crippen LogP contribution < -0.4 is 0 Å². The van der Waals surface area contributed by atoms with Crippen molar-refractivity contribution in [3.8, 4) is 5.75 Å². The maximum atomic E-state index is 10.1. The predicted octanol–water partition coefficient (Wildman–Crippen LogP) is 5.09. The Hall–Kier alpha value is -2.69. The summed E-state index contributed by atoms with van der Waals surface area (Å²) in [7, 11) is 0. The molecule has 2 bridgehead atoms. The number of nitrogens with zero attached hydrogens (tertiary/aromatic N) is 2. The highest BCUT2D eigenvalue weighted by Gasteiger charge is 2.43.